The van der Waals surface area contributed by atoms with Crippen LogP contribution in [0.15, 0.2) is 24.3 Å². The van der Waals surface area contributed by atoms with Gasteiger partial charge in [0.2, 0.25) is 0 Å². The van der Waals surface area contributed by atoms with Gasteiger partial charge in [0.15, 0.2) is 0 Å². The van der Waals surface area contributed by atoms with Crippen LogP contribution in [0.3, 0.4) is 0 Å². The second-order valence-corrected chi connectivity index (χ2v) is 6.05. The molecule has 1 fully saturated rings. The highest BCUT2D eigenvalue weighted by Crippen LogP contribution is 2.35. The summed E-state index contributed by atoms with van der Waals surface area (Å²) in [6.07, 6.45) is 3.25. The largest absolute Gasteiger partial charge is 0.335 e. The first-order chi connectivity index (χ1) is 9.16. The zero-order valence-electron chi connectivity index (χ0n) is 11.7. The molecular formula is C16H22N2O. The Bertz CT molecular complexity index is 479. The summed E-state index contributed by atoms with van der Waals surface area (Å²) in [6, 6.07) is 9.31. The minimum atomic E-state index is 0.121. The van der Waals surface area contributed by atoms with Gasteiger partial charge >= 0.3 is 6.03 Å². The third-order valence-electron chi connectivity index (χ3n) is 4.13. The smallest absolute Gasteiger partial charge is 0.318 e. The molecule has 1 heterocycles. The number of nitrogens with zero attached hydrogens (tertiary/aromatic N) is 1. The van der Waals surface area contributed by atoms with Gasteiger partial charge in [-0.25, -0.2) is 4.79 Å². The number of rotatable bonds is 2. The number of hydrogen-bond acceptors (Lipinski definition) is 1. The van der Waals surface area contributed by atoms with Gasteiger partial charge in [-0.2, -0.15) is 0 Å². The van der Waals surface area contributed by atoms with Gasteiger partial charge in [-0.05, 0) is 36.3 Å². The van der Waals surface area contributed by atoms with Gasteiger partial charge in [-0.3, -0.25) is 0 Å². The molecular weight excluding hydrogens is 236 g/mol. The molecule has 102 valence electrons. The van der Waals surface area contributed by atoms with E-state index in [1.165, 1.54) is 11.1 Å². The molecule has 1 saturated carbocycles. The Kier molecular flexibility index (Phi) is 3.21. The maximum Gasteiger partial charge on any atom is 0.318 e. The van der Waals surface area contributed by atoms with Crippen molar-refractivity contribution in [1.82, 2.24) is 10.2 Å². The van der Waals surface area contributed by atoms with Crippen LogP contribution >= 0.6 is 0 Å². The van der Waals surface area contributed by atoms with Gasteiger partial charge in [0, 0.05) is 12.6 Å². The monoisotopic (exact) mass is 258 g/mol. The van der Waals surface area contributed by atoms with E-state index < -0.39 is 0 Å². The molecule has 1 aromatic carbocycles. The van der Waals surface area contributed by atoms with E-state index in [0.717, 1.165) is 25.8 Å². The molecule has 1 aromatic rings. The molecule has 0 spiro atoms. The van der Waals surface area contributed by atoms with Gasteiger partial charge < -0.3 is 10.2 Å². The quantitative estimate of drug-likeness (QED) is 0.868. The van der Waals surface area contributed by atoms with Crippen molar-refractivity contribution < 1.29 is 4.79 Å². The minimum absolute atomic E-state index is 0.121. The number of fused-ring (bicyclic) bond motifs is 1. The molecule has 0 bridgehead atoms. The van der Waals surface area contributed by atoms with E-state index in [2.05, 4.69) is 43.4 Å². The average molecular weight is 258 g/mol. The second-order valence-electron chi connectivity index (χ2n) is 6.05. The summed E-state index contributed by atoms with van der Waals surface area (Å²) in [4.78, 5) is 14.4. The van der Waals surface area contributed by atoms with Crippen molar-refractivity contribution in [3.8, 4) is 0 Å². The van der Waals surface area contributed by atoms with Crippen LogP contribution in [0.25, 0.3) is 0 Å². The van der Waals surface area contributed by atoms with Crippen LogP contribution in [0.4, 0.5) is 4.79 Å². The fourth-order valence-electron chi connectivity index (χ4n) is 3.03. The molecule has 3 nitrogen and oxygen atoms in total. The van der Waals surface area contributed by atoms with Gasteiger partial charge in [0.1, 0.15) is 0 Å². The first kappa shape index (κ1) is 12.5. The number of carbonyl (C=O) groups excluding carboxylic acids is 1. The Morgan fingerprint density at radius 2 is 2.05 bits per heavy atom. The molecule has 3 heteroatoms. The Labute approximate surface area is 115 Å². The third kappa shape index (κ3) is 2.46. The van der Waals surface area contributed by atoms with Crippen LogP contribution < -0.4 is 5.32 Å². The standard InChI is InChI=1S/C16H22N2O/c1-11(2)15-14-6-4-3-5-12(14)9-10-18(15)16(19)17-13-7-8-13/h3-6,11,13,15H,7-10H2,1-2H3,(H,17,19). The Hall–Kier alpha value is -1.51. The highest BCUT2D eigenvalue weighted by Gasteiger charge is 2.34. The summed E-state index contributed by atoms with van der Waals surface area (Å²) < 4.78 is 0. The lowest BCUT2D eigenvalue weighted by atomic mass is 9.86. The topological polar surface area (TPSA) is 32.3 Å². The van der Waals surface area contributed by atoms with E-state index in [9.17, 15) is 4.79 Å². The van der Waals surface area contributed by atoms with Gasteiger partial charge in [-0.15, -0.1) is 0 Å². The Balaban J connectivity index is 1.86. The predicted octanol–water partition coefficient (Wildman–Crippen LogP) is 3.11. The summed E-state index contributed by atoms with van der Waals surface area (Å²) in [7, 11) is 0. The number of hydrogen-bond donors (Lipinski definition) is 1. The van der Waals surface area contributed by atoms with Gasteiger partial charge in [-0.1, -0.05) is 38.1 Å². The molecule has 1 N–H and O–H groups in total. The van der Waals surface area contributed by atoms with Crippen LogP contribution in [-0.4, -0.2) is 23.5 Å². The first-order valence-electron chi connectivity index (χ1n) is 7.31. The summed E-state index contributed by atoms with van der Waals surface area (Å²) >= 11 is 0. The number of benzene rings is 1. The van der Waals surface area contributed by atoms with Crippen LogP contribution in [0.5, 0.6) is 0 Å². The van der Waals surface area contributed by atoms with E-state index in [-0.39, 0.29) is 12.1 Å². The molecule has 3 rings (SSSR count). The summed E-state index contributed by atoms with van der Waals surface area (Å²) in [5.41, 5.74) is 2.73. The van der Waals surface area contributed by atoms with Crippen molar-refractivity contribution in [2.24, 2.45) is 5.92 Å². The lowest BCUT2D eigenvalue weighted by Gasteiger charge is -2.39. The van der Waals surface area contributed by atoms with Gasteiger partial charge in [0.05, 0.1) is 6.04 Å². The molecule has 19 heavy (non-hydrogen) atoms. The van der Waals surface area contributed by atoms with Crippen LogP contribution in [0.1, 0.15) is 43.9 Å². The van der Waals surface area contributed by atoms with E-state index in [1.807, 2.05) is 4.90 Å². The van der Waals surface area contributed by atoms with E-state index >= 15 is 0 Å². The molecule has 0 radical (unpaired) electrons. The second kappa shape index (κ2) is 4.87. The lowest BCUT2D eigenvalue weighted by Crippen LogP contribution is -2.47. The molecule has 0 saturated heterocycles. The highest BCUT2D eigenvalue weighted by atomic mass is 16.2. The van der Waals surface area contributed by atoms with E-state index in [1.54, 1.807) is 0 Å². The number of carbonyl (C=O) groups is 1. The summed E-state index contributed by atoms with van der Waals surface area (Å²) in [5.74, 6) is 0.436. The summed E-state index contributed by atoms with van der Waals surface area (Å²) in [5, 5.41) is 3.13. The maximum atomic E-state index is 12.4. The molecule has 1 atom stereocenters. The number of urea groups is 1. The zero-order chi connectivity index (χ0) is 13.4. The first-order valence-corrected chi connectivity index (χ1v) is 7.31. The van der Waals surface area contributed by atoms with Crippen molar-refractivity contribution in [2.75, 3.05) is 6.54 Å². The van der Waals surface area contributed by atoms with Crippen molar-refractivity contribution in [2.45, 2.75) is 45.2 Å². The molecule has 1 aliphatic heterocycles. The molecule has 1 aliphatic carbocycles. The van der Waals surface area contributed by atoms with Crippen molar-refractivity contribution in [1.29, 1.82) is 0 Å². The average Bonchev–Trinajstić information content (AvgIpc) is 3.21. The van der Waals surface area contributed by atoms with Gasteiger partial charge in [0.25, 0.3) is 0 Å². The van der Waals surface area contributed by atoms with Crippen molar-refractivity contribution >= 4 is 6.03 Å². The molecule has 0 aromatic heterocycles. The number of amides is 2. The summed E-state index contributed by atoms with van der Waals surface area (Å²) in [6.45, 7) is 5.23. The van der Waals surface area contributed by atoms with Crippen molar-refractivity contribution in [3.05, 3.63) is 35.4 Å². The molecule has 1 unspecified atom stereocenters. The van der Waals surface area contributed by atoms with Crippen LogP contribution in [-0.2, 0) is 6.42 Å². The fraction of sp³-hybridized carbons (Fsp3) is 0.562. The van der Waals surface area contributed by atoms with Crippen molar-refractivity contribution in [3.63, 3.8) is 0 Å². The van der Waals surface area contributed by atoms with E-state index in [0.29, 0.717) is 12.0 Å². The number of nitrogens with one attached hydrogen (secondary N) is 1. The highest BCUT2D eigenvalue weighted by molar-refractivity contribution is 5.76. The minimum Gasteiger partial charge on any atom is -0.335 e. The van der Waals surface area contributed by atoms with Crippen LogP contribution in [0, 0.1) is 5.92 Å². The third-order valence-corrected chi connectivity index (χ3v) is 4.13. The normalized spacial score (nSPS) is 22.3. The predicted molar refractivity (Wildman–Crippen MR) is 76.0 cm³/mol. The zero-order valence-corrected chi connectivity index (χ0v) is 11.7. The SMILES string of the molecule is CC(C)C1c2ccccc2CCN1C(=O)NC1CC1. The Morgan fingerprint density at radius 1 is 1.32 bits per heavy atom. The van der Waals surface area contributed by atoms with E-state index in [4.69, 9.17) is 0 Å². The maximum absolute atomic E-state index is 12.4. The lowest BCUT2D eigenvalue weighted by molar-refractivity contribution is 0.148. The Morgan fingerprint density at radius 3 is 2.74 bits per heavy atom. The molecule has 2 amide bonds. The molecule has 2 aliphatic rings. The fourth-order valence-corrected chi connectivity index (χ4v) is 3.03. The van der Waals surface area contributed by atoms with Crippen LogP contribution in [0.2, 0.25) is 0 Å².